The molecule has 2 N–H and O–H groups in total. The Morgan fingerprint density at radius 3 is 2.78 bits per heavy atom. The third-order valence-electron chi connectivity index (χ3n) is 3.70. The Labute approximate surface area is 136 Å². The lowest BCUT2D eigenvalue weighted by Gasteiger charge is -2.27. The Hall–Kier alpha value is -1.42. The molecule has 0 saturated carbocycles. The van der Waals surface area contributed by atoms with E-state index in [1.54, 1.807) is 0 Å². The molecule has 0 bridgehead atoms. The summed E-state index contributed by atoms with van der Waals surface area (Å²) < 4.78 is 36.8. The predicted molar refractivity (Wildman–Crippen MR) is 83.9 cm³/mol. The van der Waals surface area contributed by atoms with Crippen LogP contribution in [-0.4, -0.2) is 65.7 Å². The first-order chi connectivity index (χ1) is 10.9. The van der Waals surface area contributed by atoms with Crippen molar-refractivity contribution in [2.75, 3.05) is 46.4 Å². The van der Waals surface area contributed by atoms with Gasteiger partial charge >= 0.3 is 5.97 Å². The normalized spacial score (nSPS) is 16.4. The van der Waals surface area contributed by atoms with Gasteiger partial charge in [-0.3, -0.25) is 0 Å². The van der Waals surface area contributed by atoms with Gasteiger partial charge in [-0.1, -0.05) is 0 Å². The van der Waals surface area contributed by atoms with Crippen molar-refractivity contribution in [1.82, 2.24) is 14.9 Å². The molecule has 0 unspecified atom stereocenters. The first kappa shape index (κ1) is 17.9. The van der Waals surface area contributed by atoms with Gasteiger partial charge in [0.2, 0.25) is 15.8 Å². The summed E-state index contributed by atoms with van der Waals surface area (Å²) in [5, 5.41) is 3.27. The van der Waals surface area contributed by atoms with Crippen molar-refractivity contribution in [2.24, 2.45) is 0 Å². The minimum atomic E-state index is -3.70. The maximum absolute atomic E-state index is 12.3. The largest absolute Gasteiger partial charge is 0.463 e. The zero-order valence-electron chi connectivity index (χ0n) is 13.4. The topological polar surface area (TPSA) is 101 Å². The van der Waals surface area contributed by atoms with E-state index < -0.39 is 16.0 Å². The van der Waals surface area contributed by atoms with Gasteiger partial charge in [0.05, 0.1) is 7.11 Å². The number of aryl methyl sites for hydroxylation is 1. The number of methoxy groups -OCH3 is 1. The van der Waals surface area contributed by atoms with Crippen LogP contribution in [-0.2, 0) is 14.8 Å². The van der Waals surface area contributed by atoms with E-state index in [4.69, 9.17) is 4.42 Å². The van der Waals surface area contributed by atoms with Crippen LogP contribution in [0.15, 0.2) is 15.4 Å². The van der Waals surface area contributed by atoms with Crippen LogP contribution in [0.2, 0.25) is 0 Å². The summed E-state index contributed by atoms with van der Waals surface area (Å²) in [6.45, 7) is 6.59. The maximum Gasteiger partial charge on any atom is 0.373 e. The first-order valence-electron chi connectivity index (χ1n) is 7.55. The van der Waals surface area contributed by atoms with Gasteiger partial charge < -0.3 is 19.4 Å². The van der Waals surface area contributed by atoms with E-state index in [-0.39, 0.29) is 16.4 Å². The fourth-order valence-corrected chi connectivity index (χ4v) is 3.71. The molecule has 0 radical (unpaired) electrons. The maximum atomic E-state index is 12.3. The van der Waals surface area contributed by atoms with Crippen molar-refractivity contribution in [1.29, 1.82) is 0 Å². The Bertz CT molecular complexity index is 635. The molecule has 1 fully saturated rings. The molecule has 1 aromatic heterocycles. The molecule has 0 aliphatic carbocycles. The number of carbonyl (C=O) groups is 1. The molecule has 0 atom stereocenters. The second kappa shape index (κ2) is 7.91. The molecular formula is C14H23N3O5S. The van der Waals surface area contributed by atoms with E-state index >= 15 is 0 Å². The number of rotatable bonds is 7. The fourth-order valence-electron chi connectivity index (χ4n) is 2.46. The zero-order chi connectivity index (χ0) is 16.9. The molecule has 1 aromatic rings. The third kappa shape index (κ3) is 4.77. The number of nitrogens with one attached hydrogen (secondary N) is 2. The molecule has 1 aliphatic heterocycles. The predicted octanol–water partition coefficient (Wildman–Crippen LogP) is -0.0518. The SMILES string of the molecule is COC(=O)c1cc(S(=O)(=O)NCCCN2CCNCC2)c(C)o1. The van der Waals surface area contributed by atoms with Gasteiger partial charge in [0, 0.05) is 38.8 Å². The molecule has 9 heteroatoms. The highest BCUT2D eigenvalue weighted by Crippen LogP contribution is 2.20. The number of piperazine rings is 1. The Morgan fingerprint density at radius 2 is 2.13 bits per heavy atom. The molecule has 1 aliphatic rings. The molecule has 0 aromatic carbocycles. The van der Waals surface area contributed by atoms with Crippen LogP contribution in [0.4, 0.5) is 0 Å². The highest BCUT2D eigenvalue weighted by molar-refractivity contribution is 7.89. The highest BCUT2D eigenvalue weighted by atomic mass is 32.2. The molecule has 23 heavy (non-hydrogen) atoms. The van der Waals surface area contributed by atoms with Crippen molar-refractivity contribution in [3.63, 3.8) is 0 Å². The molecule has 1 saturated heterocycles. The van der Waals surface area contributed by atoms with Crippen LogP contribution in [0.1, 0.15) is 22.7 Å². The van der Waals surface area contributed by atoms with Crippen molar-refractivity contribution < 1.29 is 22.4 Å². The van der Waals surface area contributed by atoms with E-state index in [1.165, 1.54) is 20.1 Å². The molecule has 2 rings (SSSR count). The summed E-state index contributed by atoms with van der Waals surface area (Å²) in [6.07, 6.45) is 0.722. The molecule has 130 valence electrons. The van der Waals surface area contributed by atoms with Crippen LogP contribution in [0.25, 0.3) is 0 Å². The smallest absolute Gasteiger partial charge is 0.373 e. The van der Waals surface area contributed by atoms with Gasteiger partial charge in [0.15, 0.2) is 0 Å². The average molecular weight is 345 g/mol. The summed E-state index contributed by atoms with van der Waals surface area (Å²) in [6, 6.07) is 1.19. The number of sulfonamides is 1. The number of nitrogens with zero attached hydrogens (tertiary/aromatic N) is 1. The monoisotopic (exact) mass is 345 g/mol. The van der Waals surface area contributed by atoms with E-state index in [0.717, 1.165) is 39.1 Å². The van der Waals surface area contributed by atoms with Gasteiger partial charge in [-0.05, 0) is 19.9 Å². The third-order valence-corrected chi connectivity index (χ3v) is 5.27. The lowest BCUT2D eigenvalue weighted by molar-refractivity contribution is 0.0563. The molecule has 2 heterocycles. The summed E-state index contributed by atoms with van der Waals surface area (Å²) in [5.41, 5.74) is 0. The summed E-state index contributed by atoms with van der Waals surface area (Å²) >= 11 is 0. The second-order valence-electron chi connectivity index (χ2n) is 5.37. The van der Waals surface area contributed by atoms with Crippen molar-refractivity contribution in [3.8, 4) is 0 Å². The molecule has 0 amide bonds. The van der Waals surface area contributed by atoms with Gasteiger partial charge in [-0.25, -0.2) is 17.9 Å². The number of ether oxygens (including phenoxy) is 1. The van der Waals surface area contributed by atoms with E-state index in [2.05, 4.69) is 19.7 Å². The average Bonchev–Trinajstić information content (AvgIpc) is 2.95. The quantitative estimate of drug-likeness (QED) is 0.528. The standard InChI is InChI=1S/C14H23N3O5S/c1-11-13(10-12(22-11)14(18)21-2)23(19,20)16-4-3-7-17-8-5-15-6-9-17/h10,15-16H,3-9H2,1-2H3. The number of hydrogen-bond donors (Lipinski definition) is 2. The lowest BCUT2D eigenvalue weighted by atomic mass is 10.3. The fraction of sp³-hybridized carbons (Fsp3) is 0.643. The minimum Gasteiger partial charge on any atom is -0.463 e. The van der Waals surface area contributed by atoms with E-state index in [9.17, 15) is 13.2 Å². The van der Waals surface area contributed by atoms with E-state index in [0.29, 0.717) is 6.54 Å². The van der Waals surface area contributed by atoms with E-state index in [1.807, 2.05) is 0 Å². The number of carbonyl (C=O) groups excluding carboxylic acids is 1. The summed E-state index contributed by atoms with van der Waals surface area (Å²) in [7, 11) is -2.49. The van der Waals surface area contributed by atoms with Gasteiger partial charge in [0.1, 0.15) is 10.7 Å². The Morgan fingerprint density at radius 1 is 1.43 bits per heavy atom. The van der Waals surface area contributed by atoms with Crippen LogP contribution < -0.4 is 10.0 Å². The minimum absolute atomic E-state index is 0.0277. The van der Waals surface area contributed by atoms with Gasteiger partial charge in [0.25, 0.3) is 0 Å². The number of hydrogen-bond acceptors (Lipinski definition) is 7. The molecule has 0 spiro atoms. The number of furan rings is 1. The Balaban J connectivity index is 1.88. The highest BCUT2D eigenvalue weighted by Gasteiger charge is 2.24. The molecular weight excluding hydrogens is 322 g/mol. The van der Waals surface area contributed by atoms with Gasteiger partial charge in [-0.2, -0.15) is 0 Å². The first-order valence-corrected chi connectivity index (χ1v) is 9.04. The van der Waals surface area contributed by atoms with Crippen molar-refractivity contribution in [3.05, 3.63) is 17.6 Å². The lowest BCUT2D eigenvalue weighted by Crippen LogP contribution is -2.44. The van der Waals surface area contributed by atoms with Gasteiger partial charge in [-0.15, -0.1) is 0 Å². The summed E-state index contributed by atoms with van der Waals surface area (Å²) in [5.74, 6) is -0.653. The number of esters is 1. The van der Waals surface area contributed by atoms with Crippen LogP contribution >= 0.6 is 0 Å². The summed E-state index contributed by atoms with van der Waals surface area (Å²) in [4.78, 5) is 13.7. The Kier molecular flexibility index (Phi) is 6.17. The second-order valence-corrected chi connectivity index (χ2v) is 7.10. The molecule has 8 nitrogen and oxygen atoms in total. The van der Waals surface area contributed by atoms with Crippen LogP contribution in [0.5, 0.6) is 0 Å². The van der Waals surface area contributed by atoms with Crippen molar-refractivity contribution in [2.45, 2.75) is 18.2 Å². The van der Waals surface area contributed by atoms with Crippen LogP contribution in [0, 0.1) is 6.92 Å². The zero-order valence-corrected chi connectivity index (χ0v) is 14.2. The van der Waals surface area contributed by atoms with Crippen molar-refractivity contribution >= 4 is 16.0 Å². The van der Waals surface area contributed by atoms with Crippen LogP contribution in [0.3, 0.4) is 0 Å².